The molecule has 26 heavy (non-hydrogen) atoms. The number of aromatic nitrogens is 4. The molecule has 7 nitrogen and oxygen atoms in total. The van der Waals surface area contributed by atoms with Gasteiger partial charge < -0.3 is 9.80 Å². The lowest BCUT2D eigenvalue weighted by molar-refractivity contribution is 0.0751. The molecule has 134 valence electrons. The maximum Gasteiger partial charge on any atom is 0.264 e. The zero-order chi connectivity index (χ0) is 18.1. The molecular weight excluding hydrogens is 348 g/mol. The minimum absolute atomic E-state index is 0.123. The fraction of sp³-hybridized carbons (Fsp3) is 0.333. The number of piperazine rings is 1. The van der Waals surface area contributed by atoms with Crippen LogP contribution in [-0.2, 0) is 0 Å². The lowest BCUT2D eigenvalue weighted by atomic mass is 10.2. The third-order valence-corrected chi connectivity index (χ3v) is 5.46. The van der Waals surface area contributed by atoms with E-state index in [1.807, 2.05) is 54.6 Å². The molecule has 8 heteroatoms. The van der Waals surface area contributed by atoms with Crippen LogP contribution in [0.5, 0.6) is 0 Å². The monoisotopic (exact) mass is 368 g/mol. The van der Waals surface area contributed by atoms with Crippen molar-refractivity contribution in [3.8, 4) is 5.82 Å². The maximum atomic E-state index is 12.5. The van der Waals surface area contributed by atoms with E-state index >= 15 is 0 Å². The Labute approximate surface area is 155 Å². The summed E-state index contributed by atoms with van der Waals surface area (Å²) < 4.78 is 1.71. The number of hydrogen-bond donors (Lipinski definition) is 0. The maximum absolute atomic E-state index is 12.5. The summed E-state index contributed by atoms with van der Waals surface area (Å²) in [5, 5.41) is 15.0. The SMILES string of the molecule is Cc1csc(C(=O)N2CCN(c3ccc(-n4ccc(C)n4)nn3)CC2)c1. The Balaban J connectivity index is 1.39. The van der Waals surface area contributed by atoms with Crippen molar-refractivity contribution in [1.82, 2.24) is 24.9 Å². The second-order valence-electron chi connectivity index (χ2n) is 6.42. The summed E-state index contributed by atoms with van der Waals surface area (Å²) in [6, 6.07) is 7.77. The van der Waals surface area contributed by atoms with E-state index in [1.54, 1.807) is 4.68 Å². The van der Waals surface area contributed by atoms with E-state index in [4.69, 9.17) is 0 Å². The van der Waals surface area contributed by atoms with Crippen molar-refractivity contribution in [1.29, 1.82) is 0 Å². The molecule has 1 saturated heterocycles. The highest BCUT2D eigenvalue weighted by atomic mass is 32.1. The quantitative estimate of drug-likeness (QED) is 0.710. The van der Waals surface area contributed by atoms with Gasteiger partial charge in [0.15, 0.2) is 11.6 Å². The Morgan fingerprint density at radius 3 is 2.35 bits per heavy atom. The molecule has 0 radical (unpaired) electrons. The zero-order valence-corrected chi connectivity index (χ0v) is 15.6. The standard InChI is InChI=1S/C18H20N6OS/c1-13-11-15(26-12-13)18(25)23-9-7-22(8-10-23)16-3-4-17(20-19-16)24-6-5-14(2)21-24/h3-6,11-12H,7-10H2,1-2H3. The first-order valence-corrected chi connectivity index (χ1v) is 9.44. The zero-order valence-electron chi connectivity index (χ0n) is 14.8. The molecule has 4 heterocycles. The molecule has 4 rings (SSSR count). The topological polar surface area (TPSA) is 67.2 Å². The van der Waals surface area contributed by atoms with Gasteiger partial charge in [0.1, 0.15) is 0 Å². The van der Waals surface area contributed by atoms with Gasteiger partial charge in [-0.15, -0.1) is 21.5 Å². The van der Waals surface area contributed by atoms with Gasteiger partial charge in [-0.2, -0.15) is 5.10 Å². The van der Waals surface area contributed by atoms with Gasteiger partial charge in [-0.25, -0.2) is 4.68 Å². The highest BCUT2D eigenvalue weighted by molar-refractivity contribution is 7.12. The number of rotatable bonds is 3. The fourth-order valence-corrected chi connectivity index (χ4v) is 3.85. The molecule has 3 aromatic rings. The molecule has 0 aromatic carbocycles. The van der Waals surface area contributed by atoms with Crippen LogP contribution in [0.3, 0.4) is 0 Å². The molecule has 0 saturated carbocycles. The summed E-state index contributed by atoms with van der Waals surface area (Å²) in [6.07, 6.45) is 1.87. The van der Waals surface area contributed by atoms with E-state index in [9.17, 15) is 4.79 Å². The molecule has 1 amide bonds. The van der Waals surface area contributed by atoms with E-state index < -0.39 is 0 Å². The van der Waals surface area contributed by atoms with Gasteiger partial charge in [0.2, 0.25) is 0 Å². The van der Waals surface area contributed by atoms with Crippen LogP contribution in [0.4, 0.5) is 5.82 Å². The summed E-state index contributed by atoms with van der Waals surface area (Å²) in [7, 11) is 0. The number of amides is 1. The summed E-state index contributed by atoms with van der Waals surface area (Å²) in [4.78, 5) is 17.4. The van der Waals surface area contributed by atoms with Gasteiger partial charge >= 0.3 is 0 Å². The van der Waals surface area contributed by atoms with E-state index in [-0.39, 0.29) is 5.91 Å². The average molecular weight is 368 g/mol. The van der Waals surface area contributed by atoms with E-state index in [0.717, 1.165) is 35.0 Å². The van der Waals surface area contributed by atoms with Crippen LogP contribution in [0.1, 0.15) is 20.9 Å². The number of thiophene rings is 1. The molecule has 0 bridgehead atoms. The smallest absolute Gasteiger partial charge is 0.264 e. The molecular formula is C18H20N6OS. The first kappa shape index (κ1) is 16.7. The molecule has 1 fully saturated rings. The lowest BCUT2D eigenvalue weighted by Crippen LogP contribution is -2.49. The van der Waals surface area contributed by atoms with Crippen molar-refractivity contribution >= 4 is 23.1 Å². The summed E-state index contributed by atoms with van der Waals surface area (Å²) in [6.45, 7) is 6.85. The molecule has 1 aliphatic rings. The number of nitrogens with zero attached hydrogens (tertiary/aromatic N) is 6. The van der Waals surface area contributed by atoms with Gasteiger partial charge in [0, 0.05) is 32.4 Å². The Morgan fingerprint density at radius 2 is 1.77 bits per heavy atom. The van der Waals surface area contributed by atoms with Crippen LogP contribution in [0.2, 0.25) is 0 Å². The molecule has 0 N–H and O–H groups in total. The first-order valence-electron chi connectivity index (χ1n) is 8.56. The van der Waals surface area contributed by atoms with Crippen molar-refractivity contribution in [3.63, 3.8) is 0 Å². The predicted octanol–water partition coefficient (Wildman–Crippen LogP) is 2.30. The summed E-state index contributed by atoms with van der Waals surface area (Å²) in [5.41, 5.74) is 2.08. The van der Waals surface area contributed by atoms with Gasteiger partial charge in [-0.3, -0.25) is 4.79 Å². The second-order valence-corrected chi connectivity index (χ2v) is 7.33. The molecule has 0 atom stereocenters. The number of aryl methyl sites for hydroxylation is 2. The van der Waals surface area contributed by atoms with Crippen molar-refractivity contribution < 1.29 is 4.79 Å². The Morgan fingerprint density at radius 1 is 1.04 bits per heavy atom. The first-order chi connectivity index (χ1) is 12.6. The molecule has 1 aliphatic heterocycles. The van der Waals surface area contributed by atoms with Crippen LogP contribution in [0.15, 0.2) is 35.8 Å². The minimum atomic E-state index is 0.123. The molecule has 3 aromatic heterocycles. The van der Waals surface area contributed by atoms with Crippen molar-refractivity contribution in [2.24, 2.45) is 0 Å². The van der Waals surface area contributed by atoms with Gasteiger partial charge in [0.25, 0.3) is 5.91 Å². The molecule has 0 aliphatic carbocycles. The van der Waals surface area contributed by atoms with E-state index in [2.05, 4.69) is 20.2 Å². The number of carbonyl (C=O) groups excluding carboxylic acids is 1. The van der Waals surface area contributed by atoms with Crippen LogP contribution < -0.4 is 4.90 Å². The molecule has 0 unspecified atom stereocenters. The number of carbonyl (C=O) groups is 1. The fourth-order valence-electron chi connectivity index (χ4n) is 2.99. The van der Waals surface area contributed by atoms with Crippen LogP contribution in [-0.4, -0.2) is 57.0 Å². The predicted molar refractivity (Wildman–Crippen MR) is 101 cm³/mol. The van der Waals surface area contributed by atoms with Crippen molar-refractivity contribution in [2.75, 3.05) is 31.1 Å². The van der Waals surface area contributed by atoms with E-state index in [1.165, 1.54) is 11.3 Å². The van der Waals surface area contributed by atoms with Crippen LogP contribution in [0, 0.1) is 13.8 Å². The summed E-state index contributed by atoms with van der Waals surface area (Å²) in [5.74, 6) is 1.65. The Hall–Kier alpha value is -2.74. The summed E-state index contributed by atoms with van der Waals surface area (Å²) >= 11 is 1.51. The van der Waals surface area contributed by atoms with Gasteiger partial charge in [-0.05, 0) is 49.1 Å². The lowest BCUT2D eigenvalue weighted by Gasteiger charge is -2.35. The normalized spacial score (nSPS) is 14.7. The minimum Gasteiger partial charge on any atom is -0.352 e. The average Bonchev–Trinajstić information content (AvgIpc) is 3.30. The highest BCUT2D eigenvalue weighted by Gasteiger charge is 2.23. The third-order valence-electron chi connectivity index (χ3n) is 4.43. The Kier molecular flexibility index (Phi) is 4.42. The van der Waals surface area contributed by atoms with Crippen molar-refractivity contribution in [3.05, 3.63) is 52.0 Å². The van der Waals surface area contributed by atoms with Crippen LogP contribution >= 0.6 is 11.3 Å². The third kappa shape index (κ3) is 3.32. The Bertz CT molecular complexity index is 908. The number of anilines is 1. The second kappa shape index (κ2) is 6.87. The number of hydrogen-bond acceptors (Lipinski definition) is 6. The van der Waals surface area contributed by atoms with Crippen molar-refractivity contribution in [2.45, 2.75) is 13.8 Å². The molecule has 0 spiro atoms. The highest BCUT2D eigenvalue weighted by Crippen LogP contribution is 2.19. The van der Waals surface area contributed by atoms with E-state index in [0.29, 0.717) is 18.9 Å². The van der Waals surface area contributed by atoms with Gasteiger partial charge in [0.05, 0.1) is 10.6 Å². The van der Waals surface area contributed by atoms with Crippen LogP contribution in [0.25, 0.3) is 5.82 Å². The van der Waals surface area contributed by atoms with Gasteiger partial charge in [-0.1, -0.05) is 0 Å². The largest absolute Gasteiger partial charge is 0.352 e.